The number of rotatable bonds is 5. The number of aliphatic hydroxyl groups excluding tert-OH is 1. The Balaban J connectivity index is 2.58. The van der Waals surface area contributed by atoms with E-state index in [1.807, 2.05) is 6.92 Å². The molecule has 0 bridgehead atoms. The summed E-state index contributed by atoms with van der Waals surface area (Å²) in [6.07, 6.45) is -5.13. The smallest absolute Gasteiger partial charge is 0.411 e. The maximum Gasteiger partial charge on any atom is 0.411 e. The van der Waals surface area contributed by atoms with Crippen molar-refractivity contribution in [3.05, 3.63) is 29.3 Å². The Morgan fingerprint density at radius 2 is 2.00 bits per heavy atom. The summed E-state index contributed by atoms with van der Waals surface area (Å²) in [7, 11) is 0. The summed E-state index contributed by atoms with van der Waals surface area (Å²) < 4.78 is 44.9. The Morgan fingerprint density at radius 3 is 2.56 bits per heavy atom. The van der Waals surface area contributed by atoms with Crippen LogP contribution in [0, 0.1) is 6.92 Å². The second-order valence-electron chi connectivity index (χ2n) is 3.94. The van der Waals surface area contributed by atoms with Crippen molar-refractivity contribution in [3.63, 3.8) is 0 Å². The Morgan fingerprint density at radius 1 is 1.33 bits per heavy atom. The van der Waals surface area contributed by atoms with Crippen LogP contribution in [-0.2, 0) is 4.74 Å². The molecule has 1 aromatic carbocycles. The molecule has 18 heavy (non-hydrogen) atoms. The number of hydrogen-bond donors (Lipinski definition) is 1. The highest BCUT2D eigenvalue weighted by Gasteiger charge is 2.27. The zero-order valence-corrected chi connectivity index (χ0v) is 10.1. The maximum absolute atomic E-state index is 11.8. The molecule has 0 saturated heterocycles. The first-order valence-corrected chi connectivity index (χ1v) is 5.35. The van der Waals surface area contributed by atoms with Gasteiger partial charge in [-0.3, -0.25) is 0 Å². The van der Waals surface area contributed by atoms with Crippen LogP contribution in [0.5, 0.6) is 5.75 Å². The Hall–Kier alpha value is -1.27. The van der Waals surface area contributed by atoms with Gasteiger partial charge < -0.3 is 14.6 Å². The molecule has 1 N–H and O–H groups in total. The van der Waals surface area contributed by atoms with Crippen LogP contribution in [0.4, 0.5) is 13.2 Å². The van der Waals surface area contributed by atoms with Gasteiger partial charge in [-0.05, 0) is 25.5 Å². The van der Waals surface area contributed by atoms with E-state index in [9.17, 15) is 18.3 Å². The van der Waals surface area contributed by atoms with Crippen molar-refractivity contribution in [3.8, 4) is 5.75 Å². The molecule has 102 valence electrons. The number of ether oxygens (including phenoxy) is 2. The number of aliphatic hydroxyl groups is 1. The molecule has 1 aromatic rings. The average molecular weight is 264 g/mol. The predicted octanol–water partition coefficient (Wildman–Crippen LogP) is 2.96. The van der Waals surface area contributed by atoms with E-state index in [1.54, 1.807) is 25.1 Å². The number of alkyl halides is 3. The van der Waals surface area contributed by atoms with E-state index in [0.29, 0.717) is 11.3 Å². The van der Waals surface area contributed by atoms with Gasteiger partial charge in [0.05, 0.1) is 6.10 Å². The maximum atomic E-state index is 11.8. The minimum absolute atomic E-state index is 0.326. The van der Waals surface area contributed by atoms with Crippen molar-refractivity contribution >= 4 is 0 Å². The zero-order chi connectivity index (χ0) is 13.8. The fraction of sp³-hybridized carbons (Fsp3) is 0.500. The van der Waals surface area contributed by atoms with Gasteiger partial charge in [-0.25, -0.2) is 0 Å². The highest BCUT2D eigenvalue weighted by atomic mass is 19.4. The number of halogens is 3. The molecular formula is C12H15F3O3. The largest absolute Gasteiger partial charge is 0.467 e. The zero-order valence-electron chi connectivity index (χ0n) is 10.1. The molecule has 0 heterocycles. The number of benzene rings is 1. The Kier molecular flexibility index (Phi) is 4.98. The van der Waals surface area contributed by atoms with Gasteiger partial charge in [-0.15, -0.1) is 0 Å². The Labute approximate surface area is 103 Å². The minimum Gasteiger partial charge on any atom is -0.467 e. The molecule has 0 amide bonds. The fourth-order valence-corrected chi connectivity index (χ4v) is 1.37. The molecule has 1 unspecified atom stereocenters. The van der Waals surface area contributed by atoms with Gasteiger partial charge in [0.1, 0.15) is 12.4 Å². The molecule has 1 rings (SSSR count). The van der Waals surface area contributed by atoms with Gasteiger partial charge in [0, 0.05) is 5.56 Å². The lowest BCUT2D eigenvalue weighted by molar-refractivity contribution is -0.186. The number of aryl methyl sites for hydroxylation is 1. The number of hydrogen-bond acceptors (Lipinski definition) is 3. The van der Waals surface area contributed by atoms with Crippen LogP contribution < -0.4 is 4.74 Å². The van der Waals surface area contributed by atoms with E-state index in [2.05, 4.69) is 4.74 Å². The van der Waals surface area contributed by atoms with E-state index >= 15 is 0 Å². The second kappa shape index (κ2) is 6.06. The third-order valence-electron chi connectivity index (χ3n) is 2.18. The molecule has 0 aliphatic carbocycles. The average Bonchev–Trinajstić information content (AvgIpc) is 2.22. The molecule has 1 atom stereocenters. The normalized spacial score (nSPS) is 13.4. The lowest BCUT2D eigenvalue weighted by Gasteiger charge is -2.14. The summed E-state index contributed by atoms with van der Waals surface area (Å²) in [5, 5.41) is 9.48. The van der Waals surface area contributed by atoms with Crippen LogP contribution in [-0.4, -0.2) is 24.7 Å². The van der Waals surface area contributed by atoms with Gasteiger partial charge in [0.25, 0.3) is 0 Å². The molecule has 0 aromatic heterocycles. The molecule has 0 aliphatic rings. The van der Waals surface area contributed by atoms with Gasteiger partial charge in [0.2, 0.25) is 0 Å². The summed E-state index contributed by atoms with van der Waals surface area (Å²) in [4.78, 5) is 0. The first-order valence-electron chi connectivity index (χ1n) is 5.35. The molecule has 0 fully saturated rings. The van der Waals surface area contributed by atoms with Crippen LogP contribution in [0.25, 0.3) is 0 Å². The van der Waals surface area contributed by atoms with Crippen LogP contribution in [0.2, 0.25) is 0 Å². The third-order valence-corrected chi connectivity index (χ3v) is 2.18. The molecule has 0 spiro atoms. The topological polar surface area (TPSA) is 38.7 Å². The van der Waals surface area contributed by atoms with Gasteiger partial charge in [-0.1, -0.05) is 12.1 Å². The van der Waals surface area contributed by atoms with E-state index in [4.69, 9.17) is 4.74 Å². The molecule has 0 radical (unpaired) electrons. The molecule has 3 nitrogen and oxygen atoms in total. The summed E-state index contributed by atoms with van der Waals surface area (Å²) >= 11 is 0. The van der Waals surface area contributed by atoms with E-state index in [-0.39, 0.29) is 0 Å². The van der Waals surface area contributed by atoms with Gasteiger partial charge in [0.15, 0.2) is 6.79 Å². The van der Waals surface area contributed by atoms with E-state index in [1.165, 1.54) is 0 Å². The van der Waals surface area contributed by atoms with Crippen LogP contribution in [0.15, 0.2) is 18.2 Å². The first-order chi connectivity index (χ1) is 8.29. The molecule has 6 heteroatoms. The summed E-state index contributed by atoms with van der Waals surface area (Å²) in [6, 6.07) is 5.09. The van der Waals surface area contributed by atoms with Crippen molar-refractivity contribution in [2.45, 2.75) is 26.1 Å². The van der Waals surface area contributed by atoms with Crippen molar-refractivity contribution in [1.82, 2.24) is 0 Å². The minimum atomic E-state index is -4.37. The second-order valence-corrected chi connectivity index (χ2v) is 3.94. The predicted molar refractivity (Wildman–Crippen MR) is 59.3 cm³/mol. The molecule has 0 saturated carbocycles. The first kappa shape index (κ1) is 14.8. The van der Waals surface area contributed by atoms with Crippen molar-refractivity contribution in [1.29, 1.82) is 0 Å². The quantitative estimate of drug-likeness (QED) is 0.656. The third kappa shape index (κ3) is 4.93. The van der Waals surface area contributed by atoms with E-state index < -0.39 is 25.7 Å². The summed E-state index contributed by atoms with van der Waals surface area (Å²) in [6.45, 7) is 1.49. The SMILES string of the molecule is Cc1ccc(C(C)O)c(OCOCC(F)(F)F)c1. The van der Waals surface area contributed by atoms with Crippen molar-refractivity contribution < 1.29 is 27.8 Å². The van der Waals surface area contributed by atoms with Gasteiger partial charge in [-0.2, -0.15) is 13.2 Å². The Bertz CT molecular complexity index is 389. The lowest BCUT2D eigenvalue weighted by atomic mass is 10.1. The fourth-order valence-electron chi connectivity index (χ4n) is 1.37. The lowest BCUT2D eigenvalue weighted by Crippen LogP contribution is -2.19. The van der Waals surface area contributed by atoms with Crippen molar-refractivity contribution in [2.75, 3.05) is 13.4 Å². The van der Waals surface area contributed by atoms with Crippen LogP contribution in [0.1, 0.15) is 24.2 Å². The standard InChI is InChI=1S/C12H15F3O3/c1-8-3-4-10(9(2)16)11(5-8)18-7-17-6-12(13,14)15/h3-5,9,16H,6-7H2,1-2H3. The van der Waals surface area contributed by atoms with E-state index in [0.717, 1.165) is 5.56 Å². The monoisotopic (exact) mass is 264 g/mol. The molecular weight excluding hydrogens is 249 g/mol. The van der Waals surface area contributed by atoms with Crippen LogP contribution >= 0.6 is 0 Å². The highest BCUT2D eigenvalue weighted by Crippen LogP contribution is 2.26. The summed E-state index contributed by atoms with van der Waals surface area (Å²) in [5.41, 5.74) is 1.39. The highest BCUT2D eigenvalue weighted by molar-refractivity contribution is 5.38. The molecule has 0 aliphatic heterocycles. The van der Waals surface area contributed by atoms with Crippen molar-refractivity contribution in [2.24, 2.45) is 0 Å². The van der Waals surface area contributed by atoms with Crippen LogP contribution in [0.3, 0.4) is 0 Å². The van der Waals surface area contributed by atoms with Gasteiger partial charge >= 0.3 is 6.18 Å². The summed E-state index contributed by atoms with van der Waals surface area (Å²) in [5.74, 6) is 0.326.